The summed E-state index contributed by atoms with van der Waals surface area (Å²) >= 11 is 1.01. The standard InChI is InChI=1S/C19H18F4N2O2S/c1-18(2)8-15(25-27-18)28-11-13-14(19(21,22)23)9-24-17(16(13)20)26-10-12-6-4-3-5-7-12/h3-9,25H,10-11H2,1-2H3. The minimum absolute atomic E-state index is 0.00253. The third-order valence-corrected chi connectivity index (χ3v) is 4.82. The molecular formula is C19H18F4N2O2S. The first-order valence-electron chi connectivity index (χ1n) is 8.37. The zero-order valence-electron chi connectivity index (χ0n) is 15.1. The van der Waals surface area contributed by atoms with Crippen molar-refractivity contribution in [2.45, 2.75) is 38.0 Å². The Kier molecular flexibility index (Phi) is 5.85. The molecule has 4 nitrogen and oxygen atoms in total. The second kappa shape index (κ2) is 8.00. The van der Waals surface area contributed by atoms with E-state index in [2.05, 4.69) is 10.5 Å². The average Bonchev–Trinajstić information content (AvgIpc) is 2.98. The number of hydrogen-bond acceptors (Lipinski definition) is 5. The number of alkyl halides is 3. The molecule has 28 heavy (non-hydrogen) atoms. The molecule has 9 heteroatoms. The Labute approximate surface area is 163 Å². The molecule has 0 atom stereocenters. The molecule has 0 fully saturated rings. The Morgan fingerprint density at radius 3 is 2.54 bits per heavy atom. The van der Waals surface area contributed by atoms with E-state index < -0.39 is 34.6 Å². The van der Waals surface area contributed by atoms with Crippen LogP contribution in [0, 0.1) is 5.82 Å². The lowest BCUT2D eigenvalue weighted by molar-refractivity contribution is -0.138. The fraction of sp³-hybridized carbons (Fsp3) is 0.316. The number of nitrogens with zero attached hydrogens (tertiary/aromatic N) is 1. The number of halogens is 4. The van der Waals surface area contributed by atoms with Gasteiger partial charge < -0.3 is 4.74 Å². The molecule has 0 radical (unpaired) electrons. The Bertz CT molecular complexity index is 870. The first-order chi connectivity index (χ1) is 13.2. The number of thioether (sulfide) groups is 1. The van der Waals surface area contributed by atoms with E-state index in [4.69, 9.17) is 9.57 Å². The molecule has 2 aromatic rings. The number of hydrogen-bond donors (Lipinski definition) is 1. The Morgan fingerprint density at radius 2 is 1.93 bits per heavy atom. The molecule has 3 rings (SSSR count). The van der Waals surface area contributed by atoms with Crippen LogP contribution in [-0.4, -0.2) is 10.6 Å². The maximum Gasteiger partial charge on any atom is 0.418 e. The van der Waals surface area contributed by atoms with Crippen LogP contribution in [0.2, 0.25) is 0 Å². The number of rotatable bonds is 6. The van der Waals surface area contributed by atoms with Crippen molar-refractivity contribution >= 4 is 11.8 Å². The van der Waals surface area contributed by atoms with Crippen LogP contribution in [0.15, 0.2) is 47.6 Å². The molecule has 1 aromatic carbocycles. The largest absolute Gasteiger partial charge is 0.471 e. The van der Waals surface area contributed by atoms with Gasteiger partial charge in [0.2, 0.25) is 0 Å². The quantitative estimate of drug-likeness (QED) is 0.658. The lowest BCUT2D eigenvalue weighted by Gasteiger charge is -2.15. The van der Waals surface area contributed by atoms with Crippen LogP contribution in [0.3, 0.4) is 0 Å². The highest BCUT2D eigenvalue weighted by Crippen LogP contribution is 2.38. The van der Waals surface area contributed by atoms with Gasteiger partial charge >= 0.3 is 6.18 Å². The molecule has 1 aromatic heterocycles. The van der Waals surface area contributed by atoms with E-state index >= 15 is 0 Å². The van der Waals surface area contributed by atoms with Crippen molar-refractivity contribution in [2.75, 3.05) is 0 Å². The van der Waals surface area contributed by atoms with Gasteiger partial charge in [0.1, 0.15) is 12.2 Å². The van der Waals surface area contributed by atoms with E-state index in [9.17, 15) is 17.6 Å². The molecule has 1 aliphatic heterocycles. The summed E-state index contributed by atoms with van der Waals surface area (Å²) in [5, 5.41) is 0.515. The van der Waals surface area contributed by atoms with Crippen molar-refractivity contribution in [3.63, 3.8) is 0 Å². The Morgan fingerprint density at radius 1 is 1.21 bits per heavy atom. The van der Waals surface area contributed by atoms with Crippen LogP contribution >= 0.6 is 11.8 Å². The minimum Gasteiger partial charge on any atom is -0.471 e. The number of ether oxygens (including phenoxy) is 1. The monoisotopic (exact) mass is 414 g/mol. The molecule has 1 N–H and O–H groups in total. The summed E-state index contributed by atoms with van der Waals surface area (Å²) in [6.07, 6.45) is -2.40. The van der Waals surface area contributed by atoms with Crippen molar-refractivity contribution in [1.82, 2.24) is 10.5 Å². The maximum absolute atomic E-state index is 14.8. The van der Waals surface area contributed by atoms with Gasteiger partial charge in [-0.3, -0.25) is 10.3 Å². The molecular weight excluding hydrogens is 396 g/mol. The minimum atomic E-state index is -4.73. The van der Waals surface area contributed by atoms with Crippen LogP contribution in [0.5, 0.6) is 5.88 Å². The van der Waals surface area contributed by atoms with Gasteiger partial charge in [-0.1, -0.05) is 30.3 Å². The van der Waals surface area contributed by atoms with E-state index in [-0.39, 0.29) is 12.4 Å². The van der Waals surface area contributed by atoms with Crippen molar-refractivity contribution in [2.24, 2.45) is 0 Å². The zero-order valence-corrected chi connectivity index (χ0v) is 16.0. The molecule has 0 aliphatic carbocycles. The van der Waals surface area contributed by atoms with E-state index in [0.717, 1.165) is 17.3 Å². The second-order valence-corrected chi connectivity index (χ2v) is 7.66. The lowest BCUT2D eigenvalue weighted by Crippen LogP contribution is -2.20. The van der Waals surface area contributed by atoms with Gasteiger partial charge in [0.05, 0.1) is 10.6 Å². The number of aromatic nitrogens is 1. The van der Waals surface area contributed by atoms with Crippen molar-refractivity contribution in [1.29, 1.82) is 0 Å². The highest BCUT2D eigenvalue weighted by molar-refractivity contribution is 8.02. The first-order valence-corrected chi connectivity index (χ1v) is 9.35. The van der Waals surface area contributed by atoms with Gasteiger partial charge in [-0.2, -0.15) is 13.2 Å². The summed E-state index contributed by atoms with van der Waals surface area (Å²) in [5.74, 6) is -1.84. The summed E-state index contributed by atoms with van der Waals surface area (Å²) in [6.45, 7) is 3.58. The number of pyridine rings is 1. The summed E-state index contributed by atoms with van der Waals surface area (Å²) in [4.78, 5) is 8.81. The fourth-order valence-corrected chi connectivity index (χ4v) is 3.54. The van der Waals surface area contributed by atoms with Crippen LogP contribution in [0.4, 0.5) is 17.6 Å². The van der Waals surface area contributed by atoms with Gasteiger partial charge in [0.15, 0.2) is 5.82 Å². The Balaban J connectivity index is 1.83. The van der Waals surface area contributed by atoms with Crippen molar-refractivity contribution in [3.8, 4) is 5.88 Å². The molecule has 1 aliphatic rings. The van der Waals surface area contributed by atoms with Crippen LogP contribution in [0.1, 0.15) is 30.5 Å². The van der Waals surface area contributed by atoms with Gasteiger partial charge in [-0.05, 0) is 25.5 Å². The number of nitrogens with one attached hydrogen (secondary N) is 1. The van der Waals surface area contributed by atoms with E-state index in [1.165, 1.54) is 0 Å². The highest BCUT2D eigenvalue weighted by Gasteiger charge is 2.36. The van der Waals surface area contributed by atoms with Crippen molar-refractivity contribution in [3.05, 3.63) is 70.1 Å². The molecule has 0 saturated carbocycles. The average molecular weight is 414 g/mol. The lowest BCUT2D eigenvalue weighted by atomic mass is 10.1. The molecule has 0 spiro atoms. The smallest absolute Gasteiger partial charge is 0.418 e. The molecule has 0 saturated heterocycles. The highest BCUT2D eigenvalue weighted by atomic mass is 32.2. The van der Waals surface area contributed by atoms with Gasteiger partial charge in [-0.15, -0.1) is 11.8 Å². The molecule has 0 bridgehead atoms. The fourth-order valence-electron chi connectivity index (χ4n) is 2.49. The number of hydroxylamine groups is 1. The van der Waals surface area contributed by atoms with Crippen LogP contribution in [0.25, 0.3) is 0 Å². The number of benzene rings is 1. The predicted molar refractivity (Wildman–Crippen MR) is 97.6 cm³/mol. The van der Waals surface area contributed by atoms with E-state index in [1.54, 1.807) is 44.2 Å². The second-order valence-electron chi connectivity index (χ2n) is 6.65. The SMILES string of the molecule is CC1(C)C=C(SCc2c(C(F)(F)F)cnc(OCc3ccccc3)c2F)NO1. The summed E-state index contributed by atoms with van der Waals surface area (Å²) in [7, 11) is 0. The molecule has 150 valence electrons. The third kappa shape index (κ3) is 4.96. The predicted octanol–water partition coefficient (Wildman–Crippen LogP) is 5.21. The molecule has 2 heterocycles. The van der Waals surface area contributed by atoms with E-state index in [0.29, 0.717) is 11.2 Å². The van der Waals surface area contributed by atoms with Gasteiger partial charge in [-0.25, -0.2) is 9.37 Å². The Hall–Kier alpha value is -2.26. The zero-order chi connectivity index (χ0) is 20.4. The van der Waals surface area contributed by atoms with Crippen LogP contribution in [-0.2, 0) is 23.4 Å². The maximum atomic E-state index is 14.8. The normalized spacial score (nSPS) is 15.9. The van der Waals surface area contributed by atoms with Gasteiger partial charge in [0.25, 0.3) is 5.88 Å². The first kappa shape index (κ1) is 20.5. The van der Waals surface area contributed by atoms with Crippen molar-refractivity contribution < 1.29 is 27.1 Å². The third-order valence-electron chi connectivity index (χ3n) is 3.88. The summed E-state index contributed by atoms with van der Waals surface area (Å²) in [5.41, 5.74) is 1.16. The molecule has 0 amide bonds. The summed E-state index contributed by atoms with van der Waals surface area (Å²) < 4.78 is 60.1. The van der Waals surface area contributed by atoms with E-state index in [1.807, 2.05) is 6.07 Å². The topological polar surface area (TPSA) is 43.4 Å². The van der Waals surface area contributed by atoms with Gasteiger partial charge in [0, 0.05) is 17.5 Å². The molecule has 0 unspecified atom stereocenters. The summed E-state index contributed by atoms with van der Waals surface area (Å²) in [6, 6.07) is 8.90. The van der Waals surface area contributed by atoms with Crippen LogP contribution < -0.4 is 10.2 Å².